The lowest BCUT2D eigenvalue weighted by Gasteiger charge is -2.25. The number of hydrogen-bond donors (Lipinski definition) is 1. The van der Waals surface area contributed by atoms with E-state index in [-0.39, 0.29) is 5.41 Å². The number of fused-ring (bicyclic) bond motifs is 1. The second-order valence-corrected chi connectivity index (χ2v) is 5.48. The predicted octanol–water partition coefficient (Wildman–Crippen LogP) is 2.39. The van der Waals surface area contributed by atoms with Crippen molar-refractivity contribution in [2.75, 3.05) is 6.61 Å². The molecule has 1 fully saturated rings. The Hall–Kier alpha value is -1.02. The quantitative estimate of drug-likeness (QED) is 0.784. The van der Waals surface area contributed by atoms with Crippen LogP contribution >= 0.6 is 0 Å². The van der Waals surface area contributed by atoms with Crippen molar-refractivity contribution in [1.82, 2.24) is 0 Å². The Morgan fingerprint density at radius 1 is 1.44 bits per heavy atom. The average Bonchev–Trinajstić information content (AvgIpc) is 2.84. The van der Waals surface area contributed by atoms with E-state index in [9.17, 15) is 0 Å². The molecule has 2 N–H and O–H groups in total. The summed E-state index contributed by atoms with van der Waals surface area (Å²) in [5.41, 5.74) is 9.15. The molecule has 2 aliphatic rings. The first-order valence-corrected chi connectivity index (χ1v) is 6.19. The van der Waals surface area contributed by atoms with Gasteiger partial charge in [0.2, 0.25) is 0 Å². The zero-order valence-electron chi connectivity index (χ0n) is 9.83. The number of ether oxygens (including phenoxy) is 1. The van der Waals surface area contributed by atoms with Gasteiger partial charge in [-0.25, -0.2) is 0 Å². The van der Waals surface area contributed by atoms with Crippen LogP contribution in [-0.4, -0.2) is 12.6 Å². The highest BCUT2D eigenvalue weighted by Crippen LogP contribution is 2.41. The van der Waals surface area contributed by atoms with Crippen LogP contribution in [0.2, 0.25) is 0 Å². The van der Waals surface area contributed by atoms with Gasteiger partial charge in [-0.2, -0.15) is 0 Å². The highest BCUT2D eigenvalue weighted by atomic mass is 16.5. The fraction of sp³-hybridized carbons (Fsp3) is 0.571. The van der Waals surface area contributed by atoms with E-state index in [0.29, 0.717) is 6.04 Å². The SMILES string of the molecule is CC1(c2ccc3c(c2)CCO3)CCC(N)C1. The van der Waals surface area contributed by atoms with Gasteiger partial charge < -0.3 is 10.5 Å². The summed E-state index contributed by atoms with van der Waals surface area (Å²) in [5, 5.41) is 0. The summed E-state index contributed by atoms with van der Waals surface area (Å²) in [6, 6.07) is 7.07. The van der Waals surface area contributed by atoms with Gasteiger partial charge in [0.25, 0.3) is 0 Å². The van der Waals surface area contributed by atoms with Crippen molar-refractivity contribution in [3.63, 3.8) is 0 Å². The van der Waals surface area contributed by atoms with Crippen molar-refractivity contribution in [2.24, 2.45) is 5.73 Å². The minimum Gasteiger partial charge on any atom is -0.493 e. The van der Waals surface area contributed by atoms with Crippen molar-refractivity contribution in [2.45, 2.75) is 44.1 Å². The van der Waals surface area contributed by atoms with E-state index >= 15 is 0 Å². The first-order valence-electron chi connectivity index (χ1n) is 6.19. The number of rotatable bonds is 1. The maximum atomic E-state index is 6.04. The molecule has 0 saturated heterocycles. The molecule has 1 aromatic carbocycles. The van der Waals surface area contributed by atoms with Crippen molar-refractivity contribution in [3.8, 4) is 5.75 Å². The Morgan fingerprint density at radius 2 is 2.31 bits per heavy atom. The Bertz CT molecular complexity index is 415. The predicted molar refractivity (Wildman–Crippen MR) is 64.8 cm³/mol. The van der Waals surface area contributed by atoms with E-state index in [1.165, 1.54) is 17.5 Å². The van der Waals surface area contributed by atoms with E-state index in [1.807, 2.05) is 0 Å². The summed E-state index contributed by atoms with van der Waals surface area (Å²) in [7, 11) is 0. The summed E-state index contributed by atoms with van der Waals surface area (Å²) in [6.07, 6.45) is 4.55. The van der Waals surface area contributed by atoms with Gasteiger partial charge >= 0.3 is 0 Å². The molecule has 86 valence electrons. The van der Waals surface area contributed by atoms with E-state index in [2.05, 4.69) is 25.1 Å². The molecule has 1 aliphatic carbocycles. The van der Waals surface area contributed by atoms with Crippen molar-refractivity contribution in [3.05, 3.63) is 29.3 Å². The third kappa shape index (κ3) is 1.52. The van der Waals surface area contributed by atoms with Gasteiger partial charge in [-0.1, -0.05) is 19.1 Å². The Balaban J connectivity index is 1.95. The molecule has 0 spiro atoms. The molecule has 2 unspecified atom stereocenters. The molecule has 0 amide bonds. The van der Waals surface area contributed by atoms with Crippen molar-refractivity contribution in [1.29, 1.82) is 0 Å². The van der Waals surface area contributed by atoms with Gasteiger partial charge in [-0.3, -0.25) is 0 Å². The minimum atomic E-state index is 0.289. The first-order chi connectivity index (χ1) is 7.67. The van der Waals surface area contributed by atoms with E-state index in [0.717, 1.165) is 31.6 Å². The largest absolute Gasteiger partial charge is 0.493 e. The molecule has 1 aliphatic heterocycles. The molecular formula is C14H19NO. The molecule has 2 nitrogen and oxygen atoms in total. The summed E-state index contributed by atoms with van der Waals surface area (Å²) in [6.45, 7) is 3.19. The topological polar surface area (TPSA) is 35.2 Å². The molecule has 2 heteroatoms. The Labute approximate surface area is 96.8 Å². The summed E-state index contributed by atoms with van der Waals surface area (Å²) in [5.74, 6) is 1.08. The summed E-state index contributed by atoms with van der Waals surface area (Å²) >= 11 is 0. The van der Waals surface area contributed by atoms with E-state index in [1.54, 1.807) is 0 Å². The van der Waals surface area contributed by atoms with Gasteiger partial charge in [0.15, 0.2) is 0 Å². The molecule has 2 atom stereocenters. The number of hydrogen-bond acceptors (Lipinski definition) is 2. The monoisotopic (exact) mass is 217 g/mol. The molecule has 1 aromatic rings. The van der Waals surface area contributed by atoms with Crippen LogP contribution in [-0.2, 0) is 11.8 Å². The van der Waals surface area contributed by atoms with Crippen LogP contribution < -0.4 is 10.5 Å². The molecule has 0 radical (unpaired) electrons. The lowest BCUT2D eigenvalue weighted by Crippen LogP contribution is -2.22. The van der Waals surface area contributed by atoms with Crippen LogP contribution in [0.25, 0.3) is 0 Å². The Morgan fingerprint density at radius 3 is 3.06 bits per heavy atom. The van der Waals surface area contributed by atoms with E-state index < -0.39 is 0 Å². The fourth-order valence-corrected chi connectivity index (χ4v) is 3.11. The van der Waals surface area contributed by atoms with Crippen molar-refractivity contribution < 1.29 is 4.74 Å². The summed E-state index contributed by atoms with van der Waals surface area (Å²) < 4.78 is 5.55. The lowest BCUT2D eigenvalue weighted by molar-refractivity contribution is 0.356. The molecule has 0 bridgehead atoms. The van der Waals surface area contributed by atoms with Crippen LogP contribution in [0.15, 0.2) is 18.2 Å². The third-order valence-electron chi connectivity index (χ3n) is 4.17. The second-order valence-electron chi connectivity index (χ2n) is 5.48. The molecule has 1 heterocycles. The number of nitrogens with two attached hydrogens (primary N) is 1. The fourth-order valence-electron chi connectivity index (χ4n) is 3.11. The van der Waals surface area contributed by atoms with Gasteiger partial charge in [0, 0.05) is 12.5 Å². The molecule has 1 saturated carbocycles. The maximum absolute atomic E-state index is 6.04. The molecular weight excluding hydrogens is 198 g/mol. The van der Waals surface area contributed by atoms with Crippen LogP contribution in [0.5, 0.6) is 5.75 Å². The maximum Gasteiger partial charge on any atom is 0.122 e. The lowest BCUT2D eigenvalue weighted by atomic mass is 9.80. The smallest absolute Gasteiger partial charge is 0.122 e. The normalized spacial score (nSPS) is 32.5. The van der Waals surface area contributed by atoms with Gasteiger partial charge in [-0.05, 0) is 41.9 Å². The standard InChI is InChI=1S/C14H19NO/c1-14(6-4-12(15)9-14)11-2-3-13-10(8-11)5-7-16-13/h2-3,8,12H,4-7,9,15H2,1H3. The highest BCUT2D eigenvalue weighted by Gasteiger charge is 2.35. The molecule has 0 aromatic heterocycles. The third-order valence-corrected chi connectivity index (χ3v) is 4.17. The van der Waals surface area contributed by atoms with Crippen LogP contribution in [0.4, 0.5) is 0 Å². The zero-order valence-corrected chi connectivity index (χ0v) is 9.83. The minimum absolute atomic E-state index is 0.289. The second kappa shape index (κ2) is 3.49. The molecule has 16 heavy (non-hydrogen) atoms. The highest BCUT2D eigenvalue weighted by molar-refractivity contribution is 5.42. The first kappa shape index (κ1) is 10.2. The van der Waals surface area contributed by atoms with Crippen molar-refractivity contribution >= 4 is 0 Å². The Kier molecular flexibility index (Phi) is 2.21. The zero-order chi connectivity index (χ0) is 11.2. The van der Waals surface area contributed by atoms with Gasteiger partial charge in [0.1, 0.15) is 5.75 Å². The van der Waals surface area contributed by atoms with Crippen LogP contribution in [0, 0.1) is 0 Å². The average molecular weight is 217 g/mol. The number of benzene rings is 1. The van der Waals surface area contributed by atoms with Gasteiger partial charge in [-0.15, -0.1) is 0 Å². The summed E-state index contributed by atoms with van der Waals surface area (Å²) in [4.78, 5) is 0. The van der Waals surface area contributed by atoms with Crippen LogP contribution in [0.1, 0.15) is 37.3 Å². The van der Waals surface area contributed by atoms with Crippen LogP contribution in [0.3, 0.4) is 0 Å². The van der Waals surface area contributed by atoms with E-state index in [4.69, 9.17) is 10.5 Å². The molecule has 3 rings (SSSR count). The van der Waals surface area contributed by atoms with Gasteiger partial charge in [0.05, 0.1) is 6.61 Å².